The molecule has 0 radical (unpaired) electrons. The summed E-state index contributed by atoms with van der Waals surface area (Å²) in [6.07, 6.45) is 0. The van der Waals surface area contributed by atoms with Gasteiger partial charge in [0.25, 0.3) is 0 Å². The Morgan fingerprint density at radius 2 is 0.778 bits per heavy atom. The van der Waals surface area contributed by atoms with Crippen LogP contribution in [0.25, 0.3) is 0 Å². The summed E-state index contributed by atoms with van der Waals surface area (Å²) in [5.41, 5.74) is 5.35. The van der Waals surface area contributed by atoms with Gasteiger partial charge in [0, 0.05) is 0 Å². The van der Waals surface area contributed by atoms with Gasteiger partial charge in [-0.2, -0.15) is 0 Å². The molecule has 0 bridgehead atoms. The Morgan fingerprint density at radius 3 is 0.889 bits per heavy atom. The van der Waals surface area contributed by atoms with E-state index in [0.29, 0.717) is 0 Å². The van der Waals surface area contributed by atoms with Crippen LogP contribution in [-0.2, 0) is 0 Å². The van der Waals surface area contributed by atoms with E-state index < -0.39 is 0 Å². The molecule has 0 atom stereocenters. The molecule has 96 valence electrons. The summed E-state index contributed by atoms with van der Waals surface area (Å²) in [6, 6.07) is 16.9. The van der Waals surface area contributed by atoms with E-state index in [1.165, 1.54) is 22.3 Å². The van der Waals surface area contributed by atoms with Crippen molar-refractivity contribution in [2.24, 2.45) is 0 Å². The standard InChI is InChI=1S/2C8H10.Se2/c2*1-7-4-3-5-8(2)6-7;1-2/h2*3-6H,1-2H3;. The molecule has 0 heterocycles. The molecule has 18 heavy (non-hydrogen) atoms. The van der Waals surface area contributed by atoms with E-state index in [4.69, 9.17) is 0 Å². The van der Waals surface area contributed by atoms with Crippen molar-refractivity contribution < 1.29 is 0 Å². The molecule has 0 spiro atoms. The van der Waals surface area contributed by atoms with Crippen LogP contribution >= 0.6 is 0 Å². The first-order valence-electron chi connectivity index (χ1n) is 5.81. The molecule has 2 aromatic carbocycles. The molecule has 2 rings (SSSR count). The van der Waals surface area contributed by atoms with E-state index in [2.05, 4.69) is 104 Å². The van der Waals surface area contributed by atoms with Crippen LogP contribution in [0.15, 0.2) is 48.5 Å². The van der Waals surface area contributed by atoms with Gasteiger partial charge in [-0.1, -0.05) is 70.8 Å². The number of benzene rings is 2. The van der Waals surface area contributed by atoms with Crippen molar-refractivity contribution in [3.05, 3.63) is 70.8 Å². The molecular formula is C16H20Se2. The van der Waals surface area contributed by atoms with Gasteiger partial charge in [0.15, 0.2) is 0 Å². The van der Waals surface area contributed by atoms with E-state index in [9.17, 15) is 0 Å². The van der Waals surface area contributed by atoms with Crippen molar-refractivity contribution in [3.63, 3.8) is 0 Å². The predicted molar refractivity (Wildman–Crippen MR) is 83.3 cm³/mol. The summed E-state index contributed by atoms with van der Waals surface area (Å²) in [7, 11) is 0. The molecule has 0 aliphatic carbocycles. The normalized spacial score (nSPS) is 8.44. The van der Waals surface area contributed by atoms with Crippen LogP contribution in [-0.4, -0.2) is 27.3 Å². The minimum atomic E-state index is 1.34. The van der Waals surface area contributed by atoms with Crippen molar-refractivity contribution in [2.45, 2.75) is 27.7 Å². The topological polar surface area (TPSA) is 0 Å². The Labute approximate surface area is 125 Å². The second kappa shape index (κ2) is 10.4. The number of rotatable bonds is 0. The number of hydrogen-bond donors (Lipinski definition) is 0. The van der Waals surface area contributed by atoms with Crippen LogP contribution in [0.4, 0.5) is 0 Å². The molecule has 0 N–H and O–H groups in total. The molecule has 0 aromatic heterocycles. The quantitative estimate of drug-likeness (QED) is 0.618. The number of hydrogen-bond acceptors (Lipinski definition) is 0. The van der Waals surface area contributed by atoms with Gasteiger partial charge in [0.1, 0.15) is 0 Å². The summed E-state index contributed by atoms with van der Waals surface area (Å²) >= 11 is 5.00. The van der Waals surface area contributed by atoms with E-state index >= 15 is 0 Å². The van der Waals surface area contributed by atoms with Crippen molar-refractivity contribution in [3.8, 4) is 0 Å². The summed E-state index contributed by atoms with van der Waals surface area (Å²) in [5.74, 6) is 0. The second-order valence-electron chi connectivity index (χ2n) is 4.32. The third kappa shape index (κ3) is 8.55. The first-order chi connectivity index (χ1) is 8.58. The van der Waals surface area contributed by atoms with Crippen molar-refractivity contribution >= 4 is 27.3 Å². The summed E-state index contributed by atoms with van der Waals surface area (Å²) in [5, 5.41) is 0. The van der Waals surface area contributed by atoms with Gasteiger partial charge in [-0.25, -0.2) is 0 Å². The molecule has 0 saturated carbocycles. The van der Waals surface area contributed by atoms with Crippen molar-refractivity contribution in [1.29, 1.82) is 0 Å². The summed E-state index contributed by atoms with van der Waals surface area (Å²) in [4.78, 5) is 0. The molecule has 2 aromatic rings. The third-order valence-electron chi connectivity index (χ3n) is 2.35. The summed E-state index contributed by atoms with van der Waals surface area (Å²) < 4.78 is 0. The molecule has 0 aliphatic rings. The predicted octanol–water partition coefficient (Wildman–Crippen LogP) is 3.85. The van der Waals surface area contributed by atoms with Crippen LogP contribution < -0.4 is 0 Å². The first kappa shape index (κ1) is 17.5. The zero-order chi connectivity index (χ0) is 14.0. The molecule has 0 nitrogen and oxygen atoms in total. The Balaban J connectivity index is 0.000000283. The van der Waals surface area contributed by atoms with Gasteiger partial charge < -0.3 is 0 Å². The Morgan fingerprint density at radius 1 is 0.556 bits per heavy atom. The van der Waals surface area contributed by atoms with Gasteiger partial charge in [-0.15, -0.1) is 0 Å². The van der Waals surface area contributed by atoms with E-state index in [-0.39, 0.29) is 0 Å². The van der Waals surface area contributed by atoms with E-state index in [0.717, 1.165) is 0 Å². The molecule has 0 amide bonds. The zero-order valence-corrected chi connectivity index (χ0v) is 14.9. The molecule has 0 fully saturated rings. The van der Waals surface area contributed by atoms with E-state index in [1.807, 2.05) is 0 Å². The molecule has 0 aliphatic heterocycles. The number of aryl methyl sites for hydroxylation is 4. The van der Waals surface area contributed by atoms with Gasteiger partial charge in [-0.05, 0) is 27.7 Å². The second-order valence-corrected chi connectivity index (χ2v) is 4.32. The Bertz CT molecular complexity index is 386. The molecule has 0 unspecified atom stereocenters. The maximum absolute atomic E-state index is 2.50. The van der Waals surface area contributed by atoms with Gasteiger partial charge in [0.2, 0.25) is 0 Å². The van der Waals surface area contributed by atoms with Gasteiger partial charge in [0.05, 0.1) is 0 Å². The average molecular weight is 370 g/mol. The fourth-order valence-corrected chi connectivity index (χ4v) is 1.61. The zero-order valence-electron chi connectivity index (χ0n) is 11.4. The van der Waals surface area contributed by atoms with Crippen LogP contribution in [0, 0.1) is 27.7 Å². The van der Waals surface area contributed by atoms with Gasteiger partial charge in [-0.3, -0.25) is 0 Å². The fourth-order valence-electron chi connectivity index (χ4n) is 1.61. The SMILES string of the molecule is Cc1cccc(C)c1.Cc1cccc(C)c1.[Se]=[Se]. The van der Waals surface area contributed by atoms with Crippen LogP contribution in [0.1, 0.15) is 22.3 Å². The summed E-state index contributed by atoms with van der Waals surface area (Å²) in [6.45, 7) is 8.42. The third-order valence-corrected chi connectivity index (χ3v) is 2.35. The van der Waals surface area contributed by atoms with Crippen molar-refractivity contribution in [1.82, 2.24) is 0 Å². The molecular weight excluding hydrogens is 350 g/mol. The average Bonchev–Trinajstić information content (AvgIpc) is 2.31. The Kier molecular flexibility index (Phi) is 10.1. The minimum absolute atomic E-state index is 1.34. The van der Waals surface area contributed by atoms with Crippen LogP contribution in [0.3, 0.4) is 0 Å². The van der Waals surface area contributed by atoms with Crippen LogP contribution in [0.5, 0.6) is 0 Å². The van der Waals surface area contributed by atoms with Gasteiger partial charge >= 0.3 is 27.3 Å². The molecule has 2 heteroatoms. The Hall–Kier alpha value is -0.521. The van der Waals surface area contributed by atoms with Crippen molar-refractivity contribution in [2.75, 3.05) is 0 Å². The maximum atomic E-state index is 2.50. The molecule has 0 saturated heterocycles. The monoisotopic (exact) mass is 372 g/mol. The van der Waals surface area contributed by atoms with Crippen LogP contribution in [0.2, 0.25) is 0 Å². The van der Waals surface area contributed by atoms with E-state index in [1.54, 1.807) is 0 Å². The fraction of sp³-hybridized carbons (Fsp3) is 0.250. The first-order valence-corrected chi connectivity index (χ1v) is 10.1.